The van der Waals surface area contributed by atoms with Crippen LogP contribution in [0.1, 0.15) is 29.5 Å². The minimum absolute atomic E-state index is 0.0319. The normalized spacial score (nSPS) is 14.1. The van der Waals surface area contributed by atoms with E-state index in [0.29, 0.717) is 5.82 Å². The molecule has 246 valence electrons. The molecule has 1 saturated heterocycles. The highest BCUT2D eigenvalue weighted by molar-refractivity contribution is 6.03. The van der Waals surface area contributed by atoms with Crippen molar-refractivity contribution in [2.24, 2.45) is 5.92 Å². The van der Waals surface area contributed by atoms with Gasteiger partial charge >= 0.3 is 0 Å². The Bertz CT molecular complexity index is 2130. The van der Waals surface area contributed by atoms with Crippen LogP contribution in [0.3, 0.4) is 0 Å². The van der Waals surface area contributed by atoms with E-state index in [4.69, 9.17) is 5.10 Å². The molecule has 5 heteroatoms. The first-order valence-electron chi connectivity index (χ1n) is 17.5. The molecule has 0 atom stereocenters. The average molecular weight is 653 g/mol. The highest BCUT2D eigenvalue weighted by Gasteiger charge is 2.41. The molecule has 1 aliphatic rings. The third-order valence-corrected chi connectivity index (χ3v) is 10.2. The Kier molecular flexibility index (Phi) is 8.57. The first-order chi connectivity index (χ1) is 24.6. The number of amides is 1. The van der Waals surface area contributed by atoms with Crippen LogP contribution < -0.4 is 5.32 Å². The Morgan fingerprint density at radius 2 is 1.10 bits per heavy atom. The summed E-state index contributed by atoms with van der Waals surface area (Å²) < 4.78 is 2.14. The maximum absolute atomic E-state index is 14.0. The Morgan fingerprint density at radius 1 is 0.620 bits per heavy atom. The number of nitrogens with zero attached hydrogens (tertiary/aromatic N) is 3. The number of hydrogen-bond acceptors (Lipinski definition) is 3. The third-order valence-electron chi connectivity index (χ3n) is 10.2. The van der Waals surface area contributed by atoms with Gasteiger partial charge in [-0.15, -0.1) is 0 Å². The topological polar surface area (TPSA) is 50.2 Å². The van der Waals surface area contributed by atoms with Crippen LogP contribution in [0.15, 0.2) is 164 Å². The standard InChI is InChI=1S/C45H40N4O/c1-48-30-28-34(29-31-48)44(50)46-43-41-32-35(40-25-15-14-24-39(40)33-16-6-2-7-17-33)26-27-42(41)49(47-43)45(36-18-8-3-9-19-36,37-20-10-4-11-21-37)38-22-12-5-13-23-38/h2-27,32,34H,28-31H2,1H3,(H,46,47,50). The van der Waals surface area contributed by atoms with E-state index in [1.165, 1.54) is 0 Å². The SMILES string of the molecule is CN1CCC(C(=O)Nc2nn(C(c3ccccc3)(c3ccccc3)c3ccccc3)c3ccc(-c4ccccc4-c4ccccc4)cc23)CC1. The number of nitrogens with one attached hydrogen (secondary N) is 1. The van der Waals surface area contributed by atoms with E-state index < -0.39 is 5.54 Å². The molecule has 8 rings (SSSR count). The van der Waals surface area contributed by atoms with Crippen molar-refractivity contribution < 1.29 is 4.79 Å². The van der Waals surface area contributed by atoms with Crippen LogP contribution in [-0.4, -0.2) is 40.7 Å². The van der Waals surface area contributed by atoms with E-state index >= 15 is 0 Å². The van der Waals surface area contributed by atoms with Crippen molar-refractivity contribution in [3.05, 3.63) is 180 Å². The number of fused-ring (bicyclic) bond motifs is 1. The quantitative estimate of drug-likeness (QED) is 0.166. The van der Waals surface area contributed by atoms with Crippen molar-refractivity contribution in [1.82, 2.24) is 14.7 Å². The zero-order valence-electron chi connectivity index (χ0n) is 28.2. The lowest BCUT2D eigenvalue weighted by atomic mass is 9.77. The molecular weight excluding hydrogens is 613 g/mol. The third kappa shape index (κ3) is 5.70. The number of hydrogen-bond donors (Lipinski definition) is 1. The van der Waals surface area contributed by atoms with Gasteiger partial charge in [-0.2, -0.15) is 5.10 Å². The van der Waals surface area contributed by atoms with E-state index in [0.717, 1.165) is 75.8 Å². The largest absolute Gasteiger partial charge is 0.308 e. The number of benzene rings is 6. The van der Waals surface area contributed by atoms with Crippen LogP contribution in [0, 0.1) is 5.92 Å². The zero-order valence-corrected chi connectivity index (χ0v) is 28.2. The summed E-state index contributed by atoms with van der Waals surface area (Å²) in [5.74, 6) is 0.551. The van der Waals surface area contributed by atoms with Gasteiger partial charge in [-0.05, 0) is 84.1 Å². The van der Waals surface area contributed by atoms with E-state index in [2.05, 4.69) is 180 Å². The predicted molar refractivity (Wildman–Crippen MR) is 204 cm³/mol. The molecule has 1 aliphatic heterocycles. The summed E-state index contributed by atoms with van der Waals surface area (Å²) in [5, 5.41) is 9.68. The van der Waals surface area contributed by atoms with Crippen molar-refractivity contribution in [3.8, 4) is 22.3 Å². The van der Waals surface area contributed by atoms with Gasteiger partial charge in [0.05, 0.1) is 5.52 Å². The molecule has 2 heterocycles. The van der Waals surface area contributed by atoms with Crippen molar-refractivity contribution in [2.45, 2.75) is 18.4 Å². The van der Waals surface area contributed by atoms with Crippen LogP contribution in [-0.2, 0) is 10.3 Å². The first kappa shape index (κ1) is 31.5. The van der Waals surface area contributed by atoms with Gasteiger partial charge in [0, 0.05) is 11.3 Å². The lowest BCUT2D eigenvalue weighted by Crippen LogP contribution is -2.39. The van der Waals surface area contributed by atoms with Crippen LogP contribution in [0.4, 0.5) is 5.82 Å². The van der Waals surface area contributed by atoms with E-state index in [1.807, 2.05) is 6.07 Å². The number of rotatable bonds is 8. The summed E-state index contributed by atoms with van der Waals surface area (Å²) >= 11 is 0. The van der Waals surface area contributed by atoms with E-state index in [1.54, 1.807) is 0 Å². The van der Waals surface area contributed by atoms with Gasteiger partial charge < -0.3 is 10.2 Å². The summed E-state index contributed by atoms with van der Waals surface area (Å²) in [5.41, 5.74) is 7.84. The maximum atomic E-state index is 14.0. The first-order valence-corrected chi connectivity index (χ1v) is 17.5. The molecule has 1 fully saturated rings. The number of aromatic nitrogens is 2. The monoisotopic (exact) mass is 652 g/mol. The van der Waals surface area contributed by atoms with Gasteiger partial charge in [0.15, 0.2) is 5.82 Å². The molecule has 1 N–H and O–H groups in total. The molecule has 7 aromatic rings. The lowest BCUT2D eigenvalue weighted by Gasteiger charge is -2.37. The maximum Gasteiger partial charge on any atom is 0.228 e. The molecule has 0 aliphatic carbocycles. The minimum Gasteiger partial charge on any atom is -0.308 e. The summed E-state index contributed by atoms with van der Waals surface area (Å²) in [6.07, 6.45) is 1.66. The molecule has 0 saturated carbocycles. The molecule has 0 spiro atoms. The highest BCUT2D eigenvalue weighted by Crippen LogP contribution is 2.44. The van der Waals surface area contributed by atoms with Gasteiger partial charge in [0.1, 0.15) is 5.54 Å². The second kappa shape index (κ2) is 13.6. The lowest BCUT2D eigenvalue weighted by molar-refractivity contribution is -0.121. The Hall–Kier alpha value is -5.78. The van der Waals surface area contributed by atoms with Crippen LogP contribution >= 0.6 is 0 Å². The fourth-order valence-corrected chi connectivity index (χ4v) is 7.63. The van der Waals surface area contributed by atoms with Gasteiger partial charge in [0.2, 0.25) is 5.91 Å². The van der Waals surface area contributed by atoms with Gasteiger partial charge in [0.25, 0.3) is 0 Å². The van der Waals surface area contributed by atoms with Gasteiger partial charge in [-0.3, -0.25) is 4.79 Å². The van der Waals surface area contributed by atoms with Crippen molar-refractivity contribution >= 4 is 22.6 Å². The van der Waals surface area contributed by atoms with Crippen LogP contribution in [0.5, 0.6) is 0 Å². The molecule has 1 amide bonds. The van der Waals surface area contributed by atoms with Crippen LogP contribution in [0.25, 0.3) is 33.2 Å². The number of piperidine rings is 1. The molecule has 0 bridgehead atoms. The number of likely N-dealkylation sites (tertiary alicyclic amines) is 1. The van der Waals surface area contributed by atoms with E-state index in [9.17, 15) is 4.79 Å². The fourth-order valence-electron chi connectivity index (χ4n) is 7.63. The van der Waals surface area contributed by atoms with E-state index in [-0.39, 0.29) is 11.8 Å². The highest BCUT2D eigenvalue weighted by atomic mass is 16.2. The van der Waals surface area contributed by atoms with Crippen molar-refractivity contribution in [2.75, 3.05) is 25.5 Å². The minimum atomic E-state index is -0.831. The van der Waals surface area contributed by atoms with Crippen molar-refractivity contribution in [3.63, 3.8) is 0 Å². The molecule has 5 nitrogen and oxygen atoms in total. The fraction of sp³-hybridized carbons (Fsp3) is 0.156. The van der Waals surface area contributed by atoms with Gasteiger partial charge in [-0.1, -0.05) is 152 Å². The molecule has 6 aromatic carbocycles. The molecule has 50 heavy (non-hydrogen) atoms. The van der Waals surface area contributed by atoms with Crippen LogP contribution in [0.2, 0.25) is 0 Å². The average Bonchev–Trinajstić information content (AvgIpc) is 3.54. The predicted octanol–water partition coefficient (Wildman–Crippen LogP) is 9.49. The summed E-state index contributed by atoms with van der Waals surface area (Å²) in [7, 11) is 2.12. The molecule has 0 radical (unpaired) electrons. The second-order valence-electron chi connectivity index (χ2n) is 13.3. The number of carbonyl (C=O) groups excluding carboxylic acids is 1. The summed E-state index contributed by atoms with van der Waals surface area (Å²) in [6.45, 7) is 1.82. The number of anilines is 1. The zero-order chi connectivity index (χ0) is 33.9. The van der Waals surface area contributed by atoms with Crippen molar-refractivity contribution in [1.29, 1.82) is 0 Å². The van der Waals surface area contributed by atoms with Gasteiger partial charge in [-0.25, -0.2) is 4.68 Å². The Balaban J connectivity index is 1.39. The summed E-state index contributed by atoms with van der Waals surface area (Å²) in [6, 6.07) is 57.3. The smallest absolute Gasteiger partial charge is 0.228 e. The molecule has 0 unspecified atom stereocenters. The Morgan fingerprint density at radius 3 is 1.64 bits per heavy atom. The summed E-state index contributed by atoms with van der Waals surface area (Å²) in [4.78, 5) is 16.3. The number of carbonyl (C=O) groups is 1. The second-order valence-corrected chi connectivity index (χ2v) is 13.3. The molecule has 1 aromatic heterocycles. The molecular formula is C45H40N4O. The Labute approximate surface area is 293 Å².